The van der Waals surface area contributed by atoms with Gasteiger partial charge in [0, 0.05) is 26.0 Å². The number of anilines is 1. The average Bonchev–Trinajstić information content (AvgIpc) is 2.82. The summed E-state index contributed by atoms with van der Waals surface area (Å²) in [7, 11) is 0. The molecule has 2 aromatic rings. The van der Waals surface area contributed by atoms with Gasteiger partial charge in [-0.25, -0.2) is 9.37 Å². The number of nitrogens with zero attached hydrogens (tertiary/aromatic N) is 2. The quantitative estimate of drug-likeness (QED) is 0.794. The van der Waals surface area contributed by atoms with Crippen LogP contribution in [-0.4, -0.2) is 29.3 Å². The predicted octanol–water partition coefficient (Wildman–Crippen LogP) is 3.47. The van der Waals surface area contributed by atoms with E-state index in [1.54, 1.807) is 10.6 Å². The van der Waals surface area contributed by atoms with E-state index in [9.17, 15) is 4.39 Å². The first-order valence-corrected chi connectivity index (χ1v) is 7.26. The van der Waals surface area contributed by atoms with E-state index in [1.165, 1.54) is 6.07 Å². The molecule has 1 N–H and O–H groups in total. The minimum absolute atomic E-state index is 0.254. The van der Waals surface area contributed by atoms with Gasteiger partial charge in [0.15, 0.2) is 0 Å². The van der Waals surface area contributed by atoms with Crippen LogP contribution in [0.4, 0.5) is 10.3 Å². The zero-order valence-electron chi connectivity index (χ0n) is 12.8. The molecule has 0 amide bonds. The van der Waals surface area contributed by atoms with Crippen LogP contribution in [0.2, 0.25) is 0 Å². The summed E-state index contributed by atoms with van der Waals surface area (Å²) < 4.78 is 21.1. The van der Waals surface area contributed by atoms with Gasteiger partial charge in [0.2, 0.25) is 5.95 Å². The molecule has 0 fully saturated rings. The third kappa shape index (κ3) is 4.04. The van der Waals surface area contributed by atoms with E-state index in [0.29, 0.717) is 18.2 Å². The van der Waals surface area contributed by atoms with E-state index in [0.717, 1.165) is 30.8 Å². The lowest BCUT2D eigenvalue weighted by atomic mass is 10.2. The largest absolute Gasteiger partial charge is 0.382 e. The highest BCUT2D eigenvalue weighted by atomic mass is 19.1. The van der Waals surface area contributed by atoms with Crippen LogP contribution in [0.25, 0.3) is 5.69 Å². The van der Waals surface area contributed by atoms with Crippen LogP contribution >= 0.6 is 0 Å². The van der Waals surface area contributed by atoms with Crippen molar-refractivity contribution in [3.8, 4) is 5.69 Å². The molecule has 21 heavy (non-hydrogen) atoms. The standard InChI is InChI=1S/C16H22FN3O/c1-4-21-9-5-8-18-16-19-13(3)11-20(16)15-10-12(2)6-7-14(15)17/h6-7,10-11H,4-5,8-9H2,1-3H3,(H,18,19). The number of aromatic nitrogens is 2. The van der Waals surface area contributed by atoms with E-state index >= 15 is 0 Å². The van der Waals surface area contributed by atoms with Crippen LogP contribution in [0.5, 0.6) is 0 Å². The number of hydrogen-bond donors (Lipinski definition) is 1. The van der Waals surface area contributed by atoms with Crippen LogP contribution in [0.15, 0.2) is 24.4 Å². The topological polar surface area (TPSA) is 39.1 Å². The Labute approximate surface area is 125 Å². The van der Waals surface area contributed by atoms with Crippen LogP contribution in [-0.2, 0) is 4.74 Å². The minimum atomic E-state index is -0.254. The zero-order valence-corrected chi connectivity index (χ0v) is 12.8. The lowest BCUT2D eigenvalue weighted by Crippen LogP contribution is -2.10. The summed E-state index contributed by atoms with van der Waals surface area (Å²) in [5.74, 6) is 0.406. The molecule has 1 aromatic carbocycles. The Hall–Kier alpha value is -1.88. The summed E-state index contributed by atoms with van der Waals surface area (Å²) in [6, 6.07) is 5.07. The molecule has 2 rings (SSSR count). The monoisotopic (exact) mass is 291 g/mol. The van der Waals surface area contributed by atoms with Gasteiger partial charge in [-0.2, -0.15) is 0 Å². The zero-order chi connectivity index (χ0) is 15.2. The van der Waals surface area contributed by atoms with Gasteiger partial charge in [0.1, 0.15) is 5.82 Å². The fourth-order valence-electron chi connectivity index (χ4n) is 2.13. The summed E-state index contributed by atoms with van der Waals surface area (Å²) in [6.07, 6.45) is 2.72. The first kappa shape index (κ1) is 15.5. The highest BCUT2D eigenvalue weighted by Gasteiger charge is 2.11. The molecule has 0 spiro atoms. The van der Waals surface area contributed by atoms with Gasteiger partial charge in [0.05, 0.1) is 11.4 Å². The first-order chi connectivity index (χ1) is 10.1. The number of rotatable bonds is 7. The molecule has 0 saturated carbocycles. The Morgan fingerprint density at radius 2 is 2.14 bits per heavy atom. The van der Waals surface area contributed by atoms with E-state index in [1.807, 2.05) is 33.0 Å². The van der Waals surface area contributed by atoms with Crippen LogP contribution in [0, 0.1) is 19.7 Å². The number of halogens is 1. The molecule has 114 valence electrons. The second kappa shape index (κ2) is 7.22. The van der Waals surface area contributed by atoms with Crippen molar-refractivity contribution in [2.45, 2.75) is 27.2 Å². The van der Waals surface area contributed by atoms with Crippen molar-refractivity contribution in [2.75, 3.05) is 25.1 Å². The molecule has 0 unspecified atom stereocenters. The normalized spacial score (nSPS) is 10.9. The lowest BCUT2D eigenvalue weighted by molar-refractivity contribution is 0.147. The molecule has 0 bridgehead atoms. The van der Waals surface area contributed by atoms with Gasteiger partial charge in [0.25, 0.3) is 0 Å². The molecule has 0 radical (unpaired) electrons. The predicted molar refractivity (Wildman–Crippen MR) is 82.6 cm³/mol. The maximum absolute atomic E-state index is 14.0. The van der Waals surface area contributed by atoms with Crippen molar-refractivity contribution < 1.29 is 9.13 Å². The van der Waals surface area contributed by atoms with E-state index in [4.69, 9.17) is 4.74 Å². The van der Waals surface area contributed by atoms with Gasteiger partial charge in [-0.15, -0.1) is 0 Å². The van der Waals surface area contributed by atoms with Crippen LogP contribution in [0.1, 0.15) is 24.6 Å². The maximum Gasteiger partial charge on any atom is 0.207 e. The van der Waals surface area contributed by atoms with Crippen molar-refractivity contribution in [2.24, 2.45) is 0 Å². The van der Waals surface area contributed by atoms with Crippen molar-refractivity contribution >= 4 is 5.95 Å². The molecule has 0 aliphatic carbocycles. The van der Waals surface area contributed by atoms with Gasteiger partial charge in [-0.1, -0.05) is 6.07 Å². The number of benzene rings is 1. The second-order valence-electron chi connectivity index (χ2n) is 5.01. The summed E-state index contributed by atoms with van der Waals surface area (Å²) in [5, 5.41) is 3.24. The first-order valence-electron chi connectivity index (χ1n) is 7.26. The molecule has 1 aromatic heterocycles. The minimum Gasteiger partial charge on any atom is -0.382 e. The highest BCUT2D eigenvalue weighted by molar-refractivity contribution is 5.45. The second-order valence-corrected chi connectivity index (χ2v) is 5.01. The summed E-state index contributed by atoms with van der Waals surface area (Å²) >= 11 is 0. The van der Waals surface area contributed by atoms with Crippen molar-refractivity contribution in [3.05, 3.63) is 41.5 Å². The molecular weight excluding hydrogens is 269 g/mol. The van der Waals surface area contributed by atoms with Crippen molar-refractivity contribution in [1.82, 2.24) is 9.55 Å². The molecule has 0 saturated heterocycles. The Bertz CT molecular complexity index is 595. The third-order valence-corrected chi connectivity index (χ3v) is 3.14. The average molecular weight is 291 g/mol. The molecule has 5 heteroatoms. The number of ether oxygens (including phenoxy) is 1. The third-order valence-electron chi connectivity index (χ3n) is 3.14. The molecule has 4 nitrogen and oxygen atoms in total. The number of hydrogen-bond acceptors (Lipinski definition) is 3. The van der Waals surface area contributed by atoms with Gasteiger partial charge in [-0.3, -0.25) is 4.57 Å². The van der Waals surface area contributed by atoms with Crippen molar-refractivity contribution in [1.29, 1.82) is 0 Å². The molecule has 0 aliphatic rings. The SMILES string of the molecule is CCOCCCNc1nc(C)cn1-c1cc(C)ccc1F. The van der Waals surface area contributed by atoms with Crippen LogP contribution in [0.3, 0.4) is 0 Å². The highest BCUT2D eigenvalue weighted by Crippen LogP contribution is 2.20. The molecule has 0 aliphatic heterocycles. The Morgan fingerprint density at radius 1 is 1.33 bits per heavy atom. The Kier molecular flexibility index (Phi) is 5.33. The Morgan fingerprint density at radius 3 is 2.90 bits per heavy atom. The van der Waals surface area contributed by atoms with Gasteiger partial charge >= 0.3 is 0 Å². The fourth-order valence-corrected chi connectivity index (χ4v) is 2.13. The van der Waals surface area contributed by atoms with Crippen molar-refractivity contribution in [3.63, 3.8) is 0 Å². The summed E-state index contributed by atoms with van der Waals surface area (Å²) in [4.78, 5) is 4.42. The molecule has 1 heterocycles. The van der Waals surface area contributed by atoms with Gasteiger partial charge < -0.3 is 10.1 Å². The maximum atomic E-state index is 14.0. The fraction of sp³-hybridized carbons (Fsp3) is 0.438. The van der Waals surface area contributed by atoms with E-state index < -0.39 is 0 Å². The summed E-state index contributed by atoms with van der Waals surface area (Å²) in [6.45, 7) is 8.00. The van der Waals surface area contributed by atoms with Crippen LogP contribution < -0.4 is 5.32 Å². The molecular formula is C16H22FN3O. The van der Waals surface area contributed by atoms with Gasteiger partial charge in [-0.05, 0) is 44.9 Å². The van der Waals surface area contributed by atoms with E-state index in [2.05, 4.69) is 10.3 Å². The number of aryl methyl sites for hydroxylation is 2. The summed E-state index contributed by atoms with van der Waals surface area (Å²) in [5.41, 5.74) is 2.38. The number of imidazole rings is 1. The Balaban J connectivity index is 2.14. The smallest absolute Gasteiger partial charge is 0.207 e. The lowest BCUT2D eigenvalue weighted by Gasteiger charge is -2.11. The number of nitrogens with one attached hydrogen (secondary N) is 1. The van der Waals surface area contributed by atoms with E-state index in [-0.39, 0.29) is 5.82 Å². The molecule has 0 atom stereocenters.